The molecule has 0 radical (unpaired) electrons. The Morgan fingerprint density at radius 1 is 0.721 bits per heavy atom. The second-order valence-electron chi connectivity index (χ2n) is 20.4. The molecule has 1 amide bonds. The Kier molecular flexibility index (Phi) is 14.3. The number of β-lactam (4-membered cyclic amide) rings is 1. The monoisotopic (exact) mass is 911 g/mol. The maximum atomic E-state index is 14.7. The fourth-order valence-electron chi connectivity index (χ4n) is 10.9. The maximum absolute atomic E-state index is 14.7. The second-order valence-corrected chi connectivity index (χ2v) is 20.4. The highest BCUT2D eigenvalue weighted by Gasteiger charge is 2.49. The molecular weight excluding hydrogens is 843 g/mol. The number of nitrogens with zero attached hydrogens (tertiary/aromatic N) is 2. The predicted molar refractivity (Wildman–Crippen MR) is 274 cm³/mol. The number of amides is 1. The van der Waals surface area contributed by atoms with E-state index in [1.54, 1.807) is 25.1 Å². The number of carbonyl (C=O) groups excluding carboxylic acids is 1. The lowest BCUT2D eigenvalue weighted by atomic mass is 9.73. The van der Waals surface area contributed by atoms with Crippen molar-refractivity contribution in [2.24, 2.45) is 11.8 Å². The summed E-state index contributed by atoms with van der Waals surface area (Å²) >= 11 is 0. The maximum Gasteiger partial charge on any atom is 0.233 e. The molecule has 0 spiro atoms. The summed E-state index contributed by atoms with van der Waals surface area (Å²) in [5.41, 5.74) is 13.6. The lowest BCUT2D eigenvalue weighted by Gasteiger charge is -2.54. The summed E-state index contributed by atoms with van der Waals surface area (Å²) in [4.78, 5) is 18.0. The van der Waals surface area contributed by atoms with Crippen LogP contribution in [0.2, 0.25) is 0 Å². The molecule has 4 aromatic carbocycles. The van der Waals surface area contributed by atoms with Gasteiger partial charge in [0.25, 0.3) is 0 Å². The summed E-state index contributed by atoms with van der Waals surface area (Å²) in [5.74, 6) is 1.41. The van der Waals surface area contributed by atoms with Crippen LogP contribution in [-0.4, -0.2) is 28.6 Å². The molecule has 6 heteroatoms. The van der Waals surface area contributed by atoms with Crippen LogP contribution in [0.5, 0.6) is 0 Å². The Hall–Kier alpha value is -6.01. The number of rotatable bonds is 18. The van der Waals surface area contributed by atoms with Crippen LogP contribution in [0.3, 0.4) is 0 Å². The van der Waals surface area contributed by atoms with E-state index in [4.69, 9.17) is 4.74 Å². The molecule has 0 N–H and O–H groups in total. The first-order valence-electron chi connectivity index (χ1n) is 25.1. The number of aryl methyl sites for hydroxylation is 4. The van der Waals surface area contributed by atoms with E-state index in [1.165, 1.54) is 56.7 Å². The predicted octanol–water partition coefficient (Wildman–Crippen LogP) is 15.2. The fraction of sp³-hybridized carbons (Fsp3) is 0.371. The largest absolute Gasteiger partial charge is 0.493 e. The van der Waals surface area contributed by atoms with Gasteiger partial charge in [-0.2, -0.15) is 0 Å². The molecule has 352 valence electrons. The van der Waals surface area contributed by atoms with Gasteiger partial charge >= 0.3 is 0 Å². The molecule has 0 bridgehead atoms. The van der Waals surface area contributed by atoms with E-state index in [-0.39, 0.29) is 29.7 Å². The molecular formula is C62H68F2N2O2. The van der Waals surface area contributed by atoms with Gasteiger partial charge in [-0.05, 0) is 167 Å². The highest BCUT2D eigenvalue weighted by Crippen LogP contribution is 2.48. The molecule has 0 aromatic heterocycles. The van der Waals surface area contributed by atoms with E-state index >= 15 is 0 Å². The van der Waals surface area contributed by atoms with Gasteiger partial charge in [0.05, 0.1) is 23.8 Å². The lowest BCUT2D eigenvalue weighted by Crippen LogP contribution is -2.62. The average Bonchev–Trinajstić information content (AvgIpc) is 3.35. The Morgan fingerprint density at radius 2 is 1.35 bits per heavy atom. The van der Waals surface area contributed by atoms with Gasteiger partial charge in [-0.3, -0.25) is 4.79 Å². The summed E-state index contributed by atoms with van der Waals surface area (Å²) < 4.78 is 35.0. The summed E-state index contributed by atoms with van der Waals surface area (Å²) in [7, 11) is 0. The van der Waals surface area contributed by atoms with Gasteiger partial charge in [-0.15, -0.1) is 0 Å². The molecule has 2 fully saturated rings. The first-order valence-corrected chi connectivity index (χ1v) is 25.1. The summed E-state index contributed by atoms with van der Waals surface area (Å²) in [6.07, 6.45) is 25.8. The molecule has 4 nitrogen and oxygen atoms in total. The van der Waals surface area contributed by atoms with E-state index in [2.05, 4.69) is 135 Å². The second kappa shape index (κ2) is 20.7. The average molecular weight is 911 g/mol. The normalized spacial score (nSPS) is 24.0. The number of benzene rings is 4. The third-order valence-electron chi connectivity index (χ3n) is 15.3. The van der Waals surface area contributed by atoms with E-state index in [0.717, 1.165) is 99.0 Å². The highest BCUT2D eigenvalue weighted by atomic mass is 19.1. The highest BCUT2D eigenvalue weighted by molar-refractivity contribution is 6.04. The van der Waals surface area contributed by atoms with Gasteiger partial charge in [0.1, 0.15) is 18.1 Å². The lowest BCUT2D eigenvalue weighted by molar-refractivity contribution is -0.129. The number of ether oxygens (including phenoxy) is 1. The molecule has 68 heavy (non-hydrogen) atoms. The van der Waals surface area contributed by atoms with Crippen LogP contribution in [0, 0.1) is 31.5 Å². The van der Waals surface area contributed by atoms with Gasteiger partial charge in [0, 0.05) is 35.8 Å². The van der Waals surface area contributed by atoms with Crippen molar-refractivity contribution in [3.05, 3.63) is 219 Å². The quantitative estimate of drug-likeness (QED) is 0.0933. The fourth-order valence-corrected chi connectivity index (χ4v) is 10.9. The summed E-state index contributed by atoms with van der Waals surface area (Å²) in [5, 5.41) is 0. The molecule has 0 saturated carbocycles. The first kappa shape index (κ1) is 47.1. The SMILES string of the molecule is C=C1C(CCCc2ccc(C)cc2)C(C2=CC=C(CCc3ccc(COC4=CC=C(C5C(CCC(C)c6ccc(C)cc6)C(=O)N5c5ccc(F)cc5)CC4)cc3)CC2)N1C1=CCC(C)(F)C=C1. The van der Waals surface area contributed by atoms with Gasteiger partial charge in [0.15, 0.2) is 0 Å². The number of halogens is 2. The molecule has 6 atom stereocenters. The molecule has 6 unspecified atom stereocenters. The van der Waals surface area contributed by atoms with Crippen molar-refractivity contribution in [3.8, 4) is 0 Å². The van der Waals surface area contributed by atoms with Crippen LogP contribution in [-0.2, 0) is 29.0 Å². The minimum Gasteiger partial charge on any atom is -0.493 e. The van der Waals surface area contributed by atoms with E-state index in [9.17, 15) is 13.6 Å². The van der Waals surface area contributed by atoms with Gasteiger partial charge in [-0.1, -0.05) is 127 Å². The molecule has 3 aliphatic carbocycles. The van der Waals surface area contributed by atoms with Crippen molar-refractivity contribution in [3.63, 3.8) is 0 Å². The zero-order valence-electron chi connectivity index (χ0n) is 40.5. The number of anilines is 1. The van der Waals surface area contributed by atoms with Crippen molar-refractivity contribution in [1.29, 1.82) is 0 Å². The topological polar surface area (TPSA) is 32.8 Å². The van der Waals surface area contributed by atoms with Crippen LogP contribution < -0.4 is 4.90 Å². The Morgan fingerprint density at radius 3 is 2.00 bits per heavy atom. The third-order valence-corrected chi connectivity index (χ3v) is 15.3. The van der Waals surface area contributed by atoms with E-state index < -0.39 is 5.67 Å². The van der Waals surface area contributed by atoms with Crippen LogP contribution in [0.25, 0.3) is 0 Å². The molecule has 5 aliphatic rings. The minimum absolute atomic E-state index is 0.0460. The standard InChI is InChI=1S/C62H68F2N2O2/c1-42-9-14-46(15-10-42)7-6-8-57-45(4)65(55-37-39-62(5,64)40-38-55)59(57)51-26-22-48(23-27-51)17-16-47-18-20-49(21-19-47)41-68-56-34-28-52(29-35-56)60-58(36-13-44(3)50-24-11-43(2)12-25-50)61(67)66(60)54-32-30-53(63)31-33-54/h9-12,14-15,18-22,24-26,28,30-34,37-39,44,57-60H,4,6-8,13,16-17,23,27,29,35-36,40-41H2,1-3,5H3. The van der Waals surface area contributed by atoms with Crippen LogP contribution in [0.4, 0.5) is 14.5 Å². The number of likely N-dealkylation sites (tertiary alicyclic amines) is 1. The molecule has 2 saturated heterocycles. The smallest absolute Gasteiger partial charge is 0.233 e. The number of carbonyl (C=O) groups is 1. The van der Waals surface area contributed by atoms with Crippen LogP contribution in [0.1, 0.15) is 117 Å². The number of hydrogen-bond donors (Lipinski definition) is 0. The Bertz CT molecular complexity index is 2650. The number of allylic oxidation sites excluding steroid dienone is 9. The first-order chi connectivity index (χ1) is 32.9. The minimum atomic E-state index is -1.30. The van der Waals surface area contributed by atoms with Crippen molar-refractivity contribution in [2.75, 3.05) is 4.90 Å². The van der Waals surface area contributed by atoms with Crippen molar-refractivity contribution in [1.82, 2.24) is 4.90 Å². The number of alkyl halides is 1. The van der Waals surface area contributed by atoms with Crippen molar-refractivity contribution in [2.45, 2.75) is 135 Å². The van der Waals surface area contributed by atoms with E-state index in [0.29, 0.717) is 24.9 Å². The summed E-state index contributed by atoms with van der Waals surface area (Å²) in [6, 6.07) is 33.0. The molecule has 2 aliphatic heterocycles. The summed E-state index contributed by atoms with van der Waals surface area (Å²) in [6.45, 7) is 13.2. The van der Waals surface area contributed by atoms with Gasteiger partial charge < -0.3 is 14.5 Å². The zero-order valence-corrected chi connectivity index (χ0v) is 40.5. The van der Waals surface area contributed by atoms with Crippen molar-refractivity contribution >= 4 is 11.6 Å². The van der Waals surface area contributed by atoms with Crippen LogP contribution in [0.15, 0.2) is 180 Å². The van der Waals surface area contributed by atoms with Gasteiger partial charge in [-0.25, -0.2) is 8.78 Å². The Labute approximate surface area is 404 Å². The molecule has 4 aromatic rings. The number of hydrogen-bond acceptors (Lipinski definition) is 3. The van der Waals surface area contributed by atoms with Crippen molar-refractivity contribution < 1.29 is 18.3 Å². The zero-order chi connectivity index (χ0) is 47.4. The molecule has 2 heterocycles. The van der Waals surface area contributed by atoms with Gasteiger partial charge in [0.2, 0.25) is 5.91 Å². The van der Waals surface area contributed by atoms with E-state index in [1.807, 2.05) is 11.0 Å². The third kappa shape index (κ3) is 10.8. The Balaban J connectivity index is 0.786. The van der Waals surface area contributed by atoms with Crippen LogP contribution >= 0.6 is 0 Å². The molecule has 9 rings (SSSR count).